The maximum atomic E-state index is 12.2. The van der Waals surface area contributed by atoms with Gasteiger partial charge in [0.25, 0.3) is 0 Å². The van der Waals surface area contributed by atoms with Gasteiger partial charge >= 0.3 is 0 Å². The third-order valence-corrected chi connectivity index (χ3v) is 5.02. The van der Waals surface area contributed by atoms with E-state index in [4.69, 9.17) is 0 Å². The number of pyridine rings is 1. The van der Waals surface area contributed by atoms with E-state index in [9.17, 15) is 4.79 Å². The summed E-state index contributed by atoms with van der Waals surface area (Å²) in [7, 11) is 0. The third-order valence-electron chi connectivity index (χ3n) is 4.18. The van der Waals surface area contributed by atoms with Gasteiger partial charge in [0.1, 0.15) is 11.3 Å². The Morgan fingerprint density at radius 1 is 1.29 bits per heavy atom. The molecule has 0 saturated carbocycles. The Morgan fingerprint density at radius 2 is 2.14 bits per heavy atom. The molecule has 0 unspecified atom stereocenters. The largest absolute Gasteiger partial charge is 0.320 e. The molecule has 3 heterocycles. The molecule has 7 nitrogen and oxygen atoms in total. The SMILES string of the molecule is C=CCn1c2ccccc2c2nnc(SCC(=O)Nc3cc(C)ccn3)nc21. The van der Waals surface area contributed by atoms with E-state index >= 15 is 0 Å². The highest BCUT2D eigenvalue weighted by molar-refractivity contribution is 7.99. The van der Waals surface area contributed by atoms with E-state index < -0.39 is 0 Å². The lowest BCUT2D eigenvalue weighted by molar-refractivity contribution is -0.113. The highest BCUT2D eigenvalue weighted by Gasteiger charge is 2.15. The quantitative estimate of drug-likeness (QED) is 0.400. The molecule has 0 aliphatic heterocycles. The topological polar surface area (TPSA) is 85.6 Å². The van der Waals surface area contributed by atoms with Crippen LogP contribution in [0.25, 0.3) is 22.1 Å². The van der Waals surface area contributed by atoms with Crippen molar-refractivity contribution in [2.45, 2.75) is 18.6 Å². The fourth-order valence-electron chi connectivity index (χ4n) is 2.98. The smallest absolute Gasteiger partial charge is 0.236 e. The van der Waals surface area contributed by atoms with Crippen molar-refractivity contribution in [2.75, 3.05) is 11.1 Å². The van der Waals surface area contributed by atoms with Crippen molar-refractivity contribution in [3.8, 4) is 0 Å². The first-order valence-electron chi connectivity index (χ1n) is 8.73. The monoisotopic (exact) mass is 390 g/mol. The van der Waals surface area contributed by atoms with Gasteiger partial charge in [0, 0.05) is 18.1 Å². The minimum absolute atomic E-state index is 0.168. The fourth-order valence-corrected chi connectivity index (χ4v) is 3.56. The number of carbonyl (C=O) groups excluding carboxylic acids is 1. The highest BCUT2D eigenvalue weighted by Crippen LogP contribution is 2.27. The Bertz CT molecular complexity index is 1190. The zero-order valence-electron chi connectivity index (χ0n) is 15.3. The average Bonchev–Trinajstić information content (AvgIpc) is 3.00. The first-order valence-corrected chi connectivity index (χ1v) is 9.72. The van der Waals surface area contributed by atoms with Gasteiger partial charge in [-0.2, -0.15) is 0 Å². The molecule has 4 aromatic rings. The lowest BCUT2D eigenvalue weighted by atomic mass is 10.2. The molecule has 0 fully saturated rings. The molecule has 0 saturated heterocycles. The summed E-state index contributed by atoms with van der Waals surface area (Å²) >= 11 is 1.24. The van der Waals surface area contributed by atoms with Gasteiger partial charge in [-0.05, 0) is 30.7 Å². The maximum absolute atomic E-state index is 12.2. The number of nitrogens with one attached hydrogen (secondary N) is 1. The zero-order chi connectivity index (χ0) is 19.5. The number of nitrogens with zero attached hydrogens (tertiary/aromatic N) is 5. The van der Waals surface area contributed by atoms with Gasteiger partial charge in [-0.3, -0.25) is 4.79 Å². The van der Waals surface area contributed by atoms with Crippen LogP contribution in [0.3, 0.4) is 0 Å². The minimum atomic E-state index is -0.168. The van der Waals surface area contributed by atoms with Crippen LogP contribution in [0.5, 0.6) is 0 Å². The Kier molecular flexibility index (Phi) is 5.03. The molecule has 8 heteroatoms. The van der Waals surface area contributed by atoms with Crippen molar-refractivity contribution in [3.05, 3.63) is 60.8 Å². The number of hydrogen-bond donors (Lipinski definition) is 1. The van der Waals surface area contributed by atoms with E-state index in [1.54, 1.807) is 6.20 Å². The Hall–Kier alpha value is -3.26. The van der Waals surface area contributed by atoms with Crippen LogP contribution < -0.4 is 5.32 Å². The number of fused-ring (bicyclic) bond motifs is 3. The van der Waals surface area contributed by atoms with Crippen molar-refractivity contribution < 1.29 is 4.79 Å². The number of carbonyl (C=O) groups is 1. The third kappa shape index (κ3) is 3.59. The van der Waals surface area contributed by atoms with Crippen LogP contribution in [0.1, 0.15) is 5.56 Å². The van der Waals surface area contributed by atoms with Crippen molar-refractivity contribution in [2.24, 2.45) is 0 Å². The molecule has 1 aromatic carbocycles. The van der Waals surface area contributed by atoms with E-state index in [-0.39, 0.29) is 11.7 Å². The number of amides is 1. The van der Waals surface area contributed by atoms with E-state index in [1.165, 1.54) is 11.8 Å². The summed E-state index contributed by atoms with van der Waals surface area (Å²) in [6.45, 7) is 6.39. The molecule has 0 atom stereocenters. The molecule has 0 bridgehead atoms. The van der Waals surface area contributed by atoms with Crippen molar-refractivity contribution in [3.63, 3.8) is 0 Å². The van der Waals surface area contributed by atoms with Crippen molar-refractivity contribution in [1.82, 2.24) is 24.7 Å². The number of benzene rings is 1. The van der Waals surface area contributed by atoms with Gasteiger partial charge in [-0.25, -0.2) is 9.97 Å². The second-order valence-corrected chi connectivity index (χ2v) is 7.18. The maximum Gasteiger partial charge on any atom is 0.236 e. The second-order valence-electron chi connectivity index (χ2n) is 6.24. The summed E-state index contributed by atoms with van der Waals surface area (Å²) in [6, 6.07) is 11.7. The number of aromatic nitrogens is 5. The molecule has 0 spiro atoms. The number of aryl methyl sites for hydroxylation is 1. The van der Waals surface area contributed by atoms with Gasteiger partial charge in [0.2, 0.25) is 11.1 Å². The molecule has 1 N–H and O–H groups in total. The van der Waals surface area contributed by atoms with E-state index in [1.807, 2.05) is 54.0 Å². The summed E-state index contributed by atoms with van der Waals surface area (Å²) in [5, 5.41) is 12.8. The molecule has 0 aliphatic carbocycles. The van der Waals surface area contributed by atoms with E-state index in [0.29, 0.717) is 17.5 Å². The van der Waals surface area contributed by atoms with Crippen molar-refractivity contribution in [1.29, 1.82) is 0 Å². The van der Waals surface area contributed by atoms with E-state index in [2.05, 4.69) is 32.1 Å². The van der Waals surface area contributed by atoms with Gasteiger partial charge < -0.3 is 9.88 Å². The van der Waals surface area contributed by atoms with E-state index in [0.717, 1.165) is 27.6 Å². The lowest BCUT2D eigenvalue weighted by Crippen LogP contribution is -2.15. The lowest BCUT2D eigenvalue weighted by Gasteiger charge is -2.05. The summed E-state index contributed by atoms with van der Waals surface area (Å²) in [5.74, 6) is 0.537. The molecule has 4 rings (SSSR count). The molecule has 1 amide bonds. The second kappa shape index (κ2) is 7.77. The molecule has 3 aromatic heterocycles. The van der Waals surface area contributed by atoms with Crippen LogP contribution >= 0.6 is 11.8 Å². The summed E-state index contributed by atoms with van der Waals surface area (Å²) < 4.78 is 2.05. The van der Waals surface area contributed by atoms with Crippen LogP contribution in [0.2, 0.25) is 0 Å². The predicted octanol–water partition coefficient (Wildman–Crippen LogP) is 3.60. The summed E-state index contributed by atoms with van der Waals surface area (Å²) in [5.41, 5.74) is 3.55. The number of para-hydroxylation sites is 1. The van der Waals surface area contributed by atoms with Gasteiger partial charge in [0.15, 0.2) is 5.65 Å². The summed E-state index contributed by atoms with van der Waals surface area (Å²) in [6.07, 6.45) is 3.49. The first kappa shape index (κ1) is 18.1. The molecule has 140 valence electrons. The number of hydrogen-bond acceptors (Lipinski definition) is 6. The van der Waals surface area contributed by atoms with Gasteiger partial charge in [-0.1, -0.05) is 36.0 Å². The Morgan fingerprint density at radius 3 is 2.96 bits per heavy atom. The Labute approximate surface area is 165 Å². The number of rotatable bonds is 6. The van der Waals surface area contributed by atoms with Crippen molar-refractivity contribution >= 4 is 45.6 Å². The Balaban J connectivity index is 1.56. The standard InChI is InChI=1S/C20H18N6OS/c1-3-10-26-15-7-5-4-6-14(15)18-19(26)23-20(25-24-18)28-12-17(27)22-16-11-13(2)8-9-21-16/h3-9,11H,1,10,12H2,2H3,(H,21,22,27). The van der Waals surface area contributed by atoms with Crippen LogP contribution in [-0.2, 0) is 11.3 Å². The number of allylic oxidation sites excluding steroid dienone is 1. The molecular formula is C20H18N6OS. The number of anilines is 1. The number of thioether (sulfide) groups is 1. The normalized spacial score (nSPS) is 11.0. The predicted molar refractivity (Wildman–Crippen MR) is 111 cm³/mol. The van der Waals surface area contributed by atoms with Gasteiger partial charge in [0.05, 0.1) is 11.3 Å². The van der Waals surface area contributed by atoms with Crippen LogP contribution in [0.15, 0.2) is 60.4 Å². The van der Waals surface area contributed by atoms with Crippen LogP contribution in [0.4, 0.5) is 5.82 Å². The molecule has 0 aliphatic rings. The molecular weight excluding hydrogens is 372 g/mol. The molecule has 28 heavy (non-hydrogen) atoms. The average molecular weight is 390 g/mol. The van der Waals surface area contributed by atoms with Crippen LogP contribution in [0, 0.1) is 6.92 Å². The van der Waals surface area contributed by atoms with Gasteiger partial charge in [-0.15, -0.1) is 16.8 Å². The first-order chi connectivity index (χ1) is 13.7. The summed E-state index contributed by atoms with van der Waals surface area (Å²) in [4.78, 5) is 21.0. The minimum Gasteiger partial charge on any atom is -0.320 e. The highest BCUT2D eigenvalue weighted by atomic mass is 32.2. The molecule has 0 radical (unpaired) electrons. The zero-order valence-corrected chi connectivity index (χ0v) is 16.1. The van der Waals surface area contributed by atoms with Crippen LogP contribution in [-0.4, -0.2) is 36.4 Å². The fraction of sp³-hybridized carbons (Fsp3) is 0.150.